The monoisotopic (exact) mass is 463 g/mol. The third kappa shape index (κ3) is 3.94. The van der Waals surface area contributed by atoms with Gasteiger partial charge in [-0.2, -0.15) is 0 Å². The molecule has 11 heteroatoms. The molecule has 0 saturated carbocycles. The molecule has 0 radical (unpaired) electrons. The van der Waals surface area contributed by atoms with Gasteiger partial charge in [0.15, 0.2) is 0 Å². The van der Waals surface area contributed by atoms with E-state index in [9.17, 15) is 26.8 Å². The second kappa shape index (κ2) is 7.64. The minimum Gasteiger partial charge on any atom is -0.316 e. The largest absolute Gasteiger partial charge is 0.316 e. The van der Waals surface area contributed by atoms with Gasteiger partial charge in [0.1, 0.15) is 16.5 Å². The van der Waals surface area contributed by atoms with Crippen LogP contribution in [0.5, 0.6) is 0 Å². The van der Waals surface area contributed by atoms with Crippen molar-refractivity contribution < 1.29 is 17.2 Å². The molecule has 0 aliphatic carbocycles. The van der Waals surface area contributed by atoms with Gasteiger partial charge in [0.25, 0.3) is 10.0 Å². The van der Waals surface area contributed by atoms with Crippen molar-refractivity contribution in [3.8, 4) is 11.1 Å². The van der Waals surface area contributed by atoms with Crippen molar-refractivity contribution >= 4 is 38.3 Å². The van der Waals surface area contributed by atoms with Crippen LogP contribution in [-0.4, -0.2) is 18.4 Å². The van der Waals surface area contributed by atoms with E-state index < -0.39 is 37.7 Å². The summed E-state index contributed by atoms with van der Waals surface area (Å²) < 4.78 is 56.1. The number of halogens is 3. The SMILES string of the molecule is O=c1[nH]c2cc(F)c(S(=O)(=O)Nc3ccc(-c4ccccc4F)c(Cl)c3)cc2[nH]c1=O. The first-order chi connectivity index (χ1) is 14.7. The molecule has 158 valence electrons. The van der Waals surface area contributed by atoms with Gasteiger partial charge in [-0.25, -0.2) is 17.2 Å². The minimum atomic E-state index is -4.43. The van der Waals surface area contributed by atoms with Gasteiger partial charge >= 0.3 is 11.1 Å². The molecular formula is C20H12ClF2N3O4S. The smallest absolute Gasteiger partial charge is 0.314 e. The first kappa shape index (κ1) is 20.8. The van der Waals surface area contributed by atoms with E-state index >= 15 is 0 Å². The van der Waals surface area contributed by atoms with Crippen molar-refractivity contribution in [1.29, 1.82) is 0 Å². The van der Waals surface area contributed by atoms with Gasteiger partial charge in [-0.15, -0.1) is 0 Å². The molecule has 0 aliphatic rings. The molecule has 4 rings (SSSR count). The highest BCUT2D eigenvalue weighted by Gasteiger charge is 2.21. The topological polar surface area (TPSA) is 112 Å². The van der Waals surface area contributed by atoms with Crippen molar-refractivity contribution in [3.05, 3.63) is 92.0 Å². The van der Waals surface area contributed by atoms with Gasteiger partial charge in [0.05, 0.1) is 21.7 Å². The van der Waals surface area contributed by atoms with E-state index in [2.05, 4.69) is 14.7 Å². The summed E-state index contributed by atoms with van der Waals surface area (Å²) in [4.78, 5) is 26.4. The number of anilines is 1. The van der Waals surface area contributed by atoms with E-state index in [1.165, 1.54) is 36.4 Å². The Balaban J connectivity index is 1.72. The second-order valence-corrected chi connectivity index (χ2v) is 8.57. The highest BCUT2D eigenvalue weighted by atomic mass is 35.5. The molecule has 3 aromatic carbocycles. The first-order valence-corrected chi connectivity index (χ1v) is 10.5. The number of fused-ring (bicyclic) bond motifs is 1. The standard InChI is InChI=1S/C20H12ClF2N3O4S/c21-13-7-10(5-6-11(13)12-3-1-2-4-14(12)22)26-31(29,30)18-9-17-16(8-15(18)23)24-19(27)20(28)25-17/h1-9,26H,(H,24,27)(H,25,28). The number of aromatic nitrogens is 2. The summed E-state index contributed by atoms with van der Waals surface area (Å²) in [6.45, 7) is 0. The lowest BCUT2D eigenvalue weighted by molar-refractivity contribution is 0.571. The molecule has 7 nitrogen and oxygen atoms in total. The van der Waals surface area contributed by atoms with Gasteiger partial charge in [-0.1, -0.05) is 35.9 Å². The Labute approximate surface area is 178 Å². The molecule has 0 atom stereocenters. The lowest BCUT2D eigenvalue weighted by atomic mass is 10.0. The van der Waals surface area contributed by atoms with E-state index in [0.717, 1.165) is 12.1 Å². The molecule has 1 heterocycles. The molecule has 3 N–H and O–H groups in total. The second-order valence-electron chi connectivity index (χ2n) is 6.52. The maximum absolute atomic E-state index is 14.5. The maximum atomic E-state index is 14.5. The van der Waals surface area contributed by atoms with E-state index in [4.69, 9.17) is 11.6 Å². The van der Waals surface area contributed by atoms with E-state index in [-0.39, 0.29) is 27.3 Å². The van der Waals surface area contributed by atoms with Gasteiger partial charge in [0.2, 0.25) is 0 Å². The predicted octanol–water partition coefficient (Wildman–Crippen LogP) is 3.62. The zero-order valence-electron chi connectivity index (χ0n) is 15.4. The van der Waals surface area contributed by atoms with Crippen molar-refractivity contribution in [2.24, 2.45) is 0 Å². The van der Waals surface area contributed by atoms with Crippen LogP contribution >= 0.6 is 11.6 Å². The third-order valence-electron chi connectivity index (χ3n) is 4.45. The summed E-state index contributed by atoms with van der Waals surface area (Å²) in [6.07, 6.45) is 0. The molecular weight excluding hydrogens is 452 g/mol. The van der Waals surface area contributed by atoms with Crippen LogP contribution in [0.1, 0.15) is 0 Å². The number of aromatic amines is 2. The van der Waals surface area contributed by atoms with Crippen LogP contribution in [0.25, 0.3) is 22.2 Å². The fourth-order valence-electron chi connectivity index (χ4n) is 3.01. The van der Waals surface area contributed by atoms with Crippen molar-refractivity contribution in [1.82, 2.24) is 9.97 Å². The Morgan fingerprint density at radius 3 is 2.10 bits per heavy atom. The molecule has 0 spiro atoms. The minimum absolute atomic E-state index is 0.0135. The highest BCUT2D eigenvalue weighted by Crippen LogP contribution is 2.33. The molecule has 0 bridgehead atoms. The van der Waals surface area contributed by atoms with Crippen molar-refractivity contribution in [2.75, 3.05) is 4.72 Å². The van der Waals surface area contributed by atoms with E-state index in [0.29, 0.717) is 5.56 Å². The van der Waals surface area contributed by atoms with Gasteiger partial charge in [-0.3, -0.25) is 14.3 Å². The van der Waals surface area contributed by atoms with Crippen LogP contribution in [0.15, 0.2) is 69.1 Å². The molecule has 0 amide bonds. The molecule has 4 aromatic rings. The molecule has 0 aliphatic heterocycles. The number of hydrogen-bond acceptors (Lipinski definition) is 4. The Hall–Kier alpha value is -3.50. The van der Waals surface area contributed by atoms with Crippen molar-refractivity contribution in [3.63, 3.8) is 0 Å². The number of nitrogens with one attached hydrogen (secondary N) is 3. The quantitative estimate of drug-likeness (QED) is 0.401. The van der Waals surface area contributed by atoms with Crippen LogP contribution in [0.2, 0.25) is 5.02 Å². The summed E-state index contributed by atoms with van der Waals surface area (Å²) >= 11 is 6.20. The molecule has 1 aromatic heterocycles. The van der Waals surface area contributed by atoms with Crippen LogP contribution < -0.4 is 15.8 Å². The van der Waals surface area contributed by atoms with Crippen LogP contribution in [0, 0.1) is 11.6 Å². The first-order valence-electron chi connectivity index (χ1n) is 8.69. The van der Waals surface area contributed by atoms with E-state index in [1.54, 1.807) is 6.07 Å². The zero-order chi connectivity index (χ0) is 22.3. The molecule has 31 heavy (non-hydrogen) atoms. The number of benzene rings is 3. The predicted molar refractivity (Wildman–Crippen MR) is 113 cm³/mol. The molecule has 0 unspecified atom stereocenters. The van der Waals surface area contributed by atoms with Crippen LogP contribution in [0.4, 0.5) is 14.5 Å². The number of hydrogen-bond donors (Lipinski definition) is 3. The summed E-state index contributed by atoms with van der Waals surface area (Å²) in [6, 6.07) is 11.7. The van der Waals surface area contributed by atoms with Gasteiger partial charge < -0.3 is 9.97 Å². The highest BCUT2D eigenvalue weighted by molar-refractivity contribution is 7.92. The Bertz CT molecular complexity index is 1570. The Morgan fingerprint density at radius 1 is 0.806 bits per heavy atom. The number of sulfonamides is 1. The van der Waals surface area contributed by atoms with E-state index in [1.807, 2.05) is 0 Å². The third-order valence-corrected chi connectivity index (χ3v) is 6.16. The Morgan fingerprint density at radius 2 is 1.45 bits per heavy atom. The number of rotatable bonds is 4. The van der Waals surface area contributed by atoms with Crippen LogP contribution in [0.3, 0.4) is 0 Å². The summed E-state index contributed by atoms with van der Waals surface area (Å²) in [5, 5.41) is 0.0752. The average molecular weight is 464 g/mol. The fraction of sp³-hybridized carbons (Fsp3) is 0. The fourth-order valence-corrected chi connectivity index (χ4v) is 4.43. The van der Waals surface area contributed by atoms with Crippen LogP contribution in [-0.2, 0) is 10.0 Å². The lowest BCUT2D eigenvalue weighted by Crippen LogP contribution is -2.29. The lowest BCUT2D eigenvalue weighted by Gasteiger charge is -2.12. The normalized spacial score (nSPS) is 11.6. The molecule has 0 fully saturated rings. The van der Waals surface area contributed by atoms with Gasteiger partial charge in [-0.05, 0) is 24.3 Å². The summed E-state index contributed by atoms with van der Waals surface area (Å²) in [5.74, 6) is -1.64. The molecule has 0 saturated heterocycles. The summed E-state index contributed by atoms with van der Waals surface area (Å²) in [7, 11) is -4.43. The maximum Gasteiger partial charge on any atom is 0.314 e. The summed E-state index contributed by atoms with van der Waals surface area (Å²) in [5.41, 5.74) is -1.55. The Kier molecular flexibility index (Phi) is 5.11. The van der Waals surface area contributed by atoms with Gasteiger partial charge in [0, 0.05) is 17.2 Å². The number of H-pyrrole nitrogens is 2. The average Bonchev–Trinajstić information content (AvgIpc) is 2.69. The zero-order valence-corrected chi connectivity index (χ0v) is 16.9. The van der Waals surface area contributed by atoms with Crippen molar-refractivity contribution in [2.45, 2.75) is 4.90 Å².